The summed E-state index contributed by atoms with van der Waals surface area (Å²) < 4.78 is 7.74. The van der Waals surface area contributed by atoms with Crippen molar-refractivity contribution in [3.63, 3.8) is 0 Å². The Morgan fingerprint density at radius 1 is 1.35 bits per heavy atom. The van der Waals surface area contributed by atoms with Crippen LogP contribution in [0.15, 0.2) is 30.7 Å². The third-order valence-corrected chi connectivity index (χ3v) is 3.32. The van der Waals surface area contributed by atoms with E-state index in [1.54, 1.807) is 12.4 Å². The van der Waals surface area contributed by atoms with Crippen molar-refractivity contribution in [2.45, 2.75) is 39.3 Å². The molecule has 0 saturated carbocycles. The molecule has 108 valence electrons. The average molecular weight is 274 g/mol. The standard InChI is InChI=1S/C15H22N4O/c1-3-13(16)10-14-4-5-15(11-18-14)20-9-8-19-7-6-17-12(19)2/h4-7,11,13H,3,8-10,16H2,1-2H3. The van der Waals surface area contributed by atoms with Crippen molar-refractivity contribution in [2.75, 3.05) is 6.61 Å². The molecular weight excluding hydrogens is 252 g/mol. The maximum atomic E-state index is 5.91. The summed E-state index contributed by atoms with van der Waals surface area (Å²) in [7, 11) is 0. The molecule has 2 rings (SSSR count). The molecule has 0 spiro atoms. The topological polar surface area (TPSA) is 66.0 Å². The Morgan fingerprint density at radius 2 is 2.20 bits per heavy atom. The maximum absolute atomic E-state index is 5.91. The molecule has 1 atom stereocenters. The summed E-state index contributed by atoms with van der Waals surface area (Å²) in [4.78, 5) is 8.55. The van der Waals surface area contributed by atoms with Gasteiger partial charge in [-0.15, -0.1) is 0 Å². The third-order valence-electron chi connectivity index (χ3n) is 3.32. The zero-order valence-electron chi connectivity index (χ0n) is 12.1. The van der Waals surface area contributed by atoms with Gasteiger partial charge in [-0.3, -0.25) is 4.98 Å². The normalized spacial score (nSPS) is 12.3. The van der Waals surface area contributed by atoms with Crippen molar-refractivity contribution in [2.24, 2.45) is 5.73 Å². The number of pyridine rings is 1. The summed E-state index contributed by atoms with van der Waals surface area (Å²) in [6.07, 6.45) is 7.28. The van der Waals surface area contributed by atoms with E-state index in [2.05, 4.69) is 21.5 Å². The molecule has 2 heterocycles. The SMILES string of the molecule is CCC(N)Cc1ccc(OCCn2ccnc2C)cn1. The molecule has 5 nitrogen and oxygen atoms in total. The van der Waals surface area contributed by atoms with Crippen molar-refractivity contribution in [3.05, 3.63) is 42.2 Å². The van der Waals surface area contributed by atoms with E-state index >= 15 is 0 Å². The van der Waals surface area contributed by atoms with Gasteiger partial charge in [-0.05, 0) is 25.5 Å². The van der Waals surface area contributed by atoms with E-state index in [9.17, 15) is 0 Å². The van der Waals surface area contributed by atoms with Crippen LogP contribution < -0.4 is 10.5 Å². The summed E-state index contributed by atoms with van der Waals surface area (Å²) in [6, 6.07) is 4.11. The number of aromatic nitrogens is 3. The first-order valence-corrected chi connectivity index (χ1v) is 7.00. The molecule has 0 aliphatic carbocycles. The molecule has 0 aliphatic rings. The van der Waals surface area contributed by atoms with E-state index in [-0.39, 0.29) is 6.04 Å². The minimum Gasteiger partial charge on any atom is -0.490 e. The number of rotatable bonds is 7. The van der Waals surface area contributed by atoms with Gasteiger partial charge in [-0.2, -0.15) is 0 Å². The number of ether oxygens (including phenoxy) is 1. The Balaban J connectivity index is 1.80. The Hall–Kier alpha value is -1.88. The van der Waals surface area contributed by atoms with Gasteiger partial charge in [0.15, 0.2) is 0 Å². The van der Waals surface area contributed by atoms with Crippen LogP contribution in [0.25, 0.3) is 0 Å². The van der Waals surface area contributed by atoms with Gasteiger partial charge in [0.05, 0.1) is 12.7 Å². The largest absolute Gasteiger partial charge is 0.490 e. The van der Waals surface area contributed by atoms with Gasteiger partial charge in [0.1, 0.15) is 18.2 Å². The number of imidazole rings is 1. The van der Waals surface area contributed by atoms with Gasteiger partial charge < -0.3 is 15.0 Å². The molecule has 2 N–H and O–H groups in total. The molecule has 0 amide bonds. The number of aryl methyl sites for hydroxylation is 1. The molecule has 5 heteroatoms. The fourth-order valence-electron chi connectivity index (χ4n) is 1.93. The first kappa shape index (κ1) is 14.5. The molecule has 0 aliphatic heterocycles. The van der Waals surface area contributed by atoms with Gasteiger partial charge in [-0.1, -0.05) is 6.92 Å². The van der Waals surface area contributed by atoms with E-state index in [0.717, 1.165) is 36.7 Å². The van der Waals surface area contributed by atoms with Gasteiger partial charge in [0.2, 0.25) is 0 Å². The maximum Gasteiger partial charge on any atom is 0.137 e. The van der Waals surface area contributed by atoms with Crippen molar-refractivity contribution >= 4 is 0 Å². The van der Waals surface area contributed by atoms with Crippen LogP contribution >= 0.6 is 0 Å². The number of hydrogen-bond acceptors (Lipinski definition) is 4. The highest BCUT2D eigenvalue weighted by atomic mass is 16.5. The second-order valence-electron chi connectivity index (χ2n) is 4.87. The molecular formula is C15H22N4O. The molecule has 20 heavy (non-hydrogen) atoms. The van der Waals surface area contributed by atoms with Crippen molar-refractivity contribution in [3.8, 4) is 5.75 Å². The lowest BCUT2D eigenvalue weighted by atomic mass is 10.1. The van der Waals surface area contributed by atoms with Crippen molar-refractivity contribution in [1.82, 2.24) is 14.5 Å². The second kappa shape index (κ2) is 7.05. The lowest BCUT2D eigenvalue weighted by molar-refractivity contribution is 0.295. The van der Waals surface area contributed by atoms with Gasteiger partial charge in [0, 0.05) is 30.6 Å². The lowest BCUT2D eigenvalue weighted by Crippen LogP contribution is -2.21. The van der Waals surface area contributed by atoms with Crippen LogP contribution in [0.5, 0.6) is 5.75 Å². The van der Waals surface area contributed by atoms with E-state index in [0.29, 0.717) is 6.61 Å². The minimum atomic E-state index is 0.179. The first-order chi connectivity index (χ1) is 9.69. The fourth-order valence-corrected chi connectivity index (χ4v) is 1.93. The molecule has 1 unspecified atom stereocenters. The summed E-state index contributed by atoms with van der Waals surface area (Å²) in [5.41, 5.74) is 6.92. The third kappa shape index (κ3) is 4.06. The predicted molar refractivity (Wildman–Crippen MR) is 78.7 cm³/mol. The number of nitrogens with two attached hydrogens (primary N) is 1. The van der Waals surface area contributed by atoms with Crippen LogP contribution in [0.2, 0.25) is 0 Å². The summed E-state index contributed by atoms with van der Waals surface area (Å²) in [5.74, 6) is 1.78. The highest BCUT2D eigenvalue weighted by molar-refractivity contribution is 5.20. The van der Waals surface area contributed by atoms with Gasteiger partial charge in [0.25, 0.3) is 0 Å². The number of hydrogen-bond donors (Lipinski definition) is 1. The predicted octanol–water partition coefficient (Wildman–Crippen LogP) is 1.95. The van der Waals surface area contributed by atoms with Crippen LogP contribution in [0, 0.1) is 6.92 Å². The molecule has 0 fully saturated rings. The van der Waals surface area contributed by atoms with Crippen LogP contribution in [-0.2, 0) is 13.0 Å². The van der Waals surface area contributed by atoms with Crippen molar-refractivity contribution in [1.29, 1.82) is 0 Å². The van der Waals surface area contributed by atoms with E-state index < -0.39 is 0 Å². The Labute approximate surface area is 119 Å². The molecule has 0 radical (unpaired) electrons. The molecule has 0 aromatic carbocycles. The zero-order valence-corrected chi connectivity index (χ0v) is 12.1. The van der Waals surface area contributed by atoms with Crippen LogP contribution in [0.1, 0.15) is 24.9 Å². The van der Waals surface area contributed by atoms with Crippen LogP contribution in [0.3, 0.4) is 0 Å². The number of nitrogens with zero attached hydrogens (tertiary/aromatic N) is 3. The van der Waals surface area contributed by atoms with E-state index in [1.807, 2.05) is 25.3 Å². The smallest absolute Gasteiger partial charge is 0.137 e. The summed E-state index contributed by atoms with van der Waals surface area (Å²) in [5, 5.41) is 0. The Kier molecular flexibility index (Phi) is 5.12. The Bertz CT molecular complexity index is 521. The first-order valence-electron chi connectivity index (χ1n) is 7.00. The lowest BCUT2D eigenvalue weighted by Gasteiger charge is -2.10. The average Bonchev–Trinajstić information content (AvgIpc) is 2.86. The van der Waals surface area contributed by atoms with E-state index in [1.165, 1.54) is 0 Å². The quantitative estimate of drug-likeness (QED) is 0.838. The molecule has 2 aromatic rings. The Morgan fingerprint density at radius 3 is 2.80 bits per heavy atom. The van der Waals surface area contributed by atoms with Gasteiger partial charge in [-0.25, -0.2) is 4.98 Å². The van der Waals surface area contributed by atoms with Crippen molar-refractivity contribution < 1.29 is 4.74 Å². The van der Waals surface area contributed by atoms with Gasteiger partial charge >= 0.3 is 0 Å². The molecule has 0 saturated heterocycles. The van der Waals surface area contributed by atoms with E-state index in [4.69, 9.17) is 10.5 Å². The highest BCUT2D eigenvalue weighted by Crippen LogP contribution is 2.11. The fraction of sp³-hybridized carbons (Fsp3) is 0.467. The minimum absolute atomic E-state index is 0.179. The monoisotopic (exact) mass is 274 g/mol. The molecule has 0 bridgehead atoms. The summed E-state index contributed by atoms with van der Waals surface area (Å²) in [6.45, 7) is 5.45. The second-order valence-corrected chi connectivity index (χ2v) is 4.87. The summed E-state index contributed by atoms with van der Waals surface area (Å²) >= 11 is 0. The van der Waals surface area contributed by atoms with Crippen LogP contribution in [0.4, 0.5) is 0 Å². The molecule has 2 aromatic heterocycles. The highest BCUT2D eigenvalue weighted by Gasteiger charge is 2.03. The van der Waals surface area contributed by atoms with Crippen LogP contribution in [-0.4, -0.2) is 27.2 Å². The zero-order chi connectivity index (χ0) is 14.4.